The normalized spacial score (nSPS) is 18.2. The molecule has 2 aliphatic rings. The van der Waals surface area contributed by atoms with Crippen molar-refractivity contribution < 1.29 is 61.3 Å². The second-order valence-corrected chi connectivity index (χ2v) is 22.5. The molecule has 1 aliphatic heterocycles. The molecule has 2 fully saturated rings. The molecule has 396 valence electrons. The summed E-state index contributed by atoms with van der Waals surface area (Å²) in [5, 5.41) is 10.7. The number of ketones is 2. The van der Waals surface area contributed by atoms with Crippen LogP contribution in [0.3, 0.4) is 0 Å². The second kappa shape index (κ2) is 28.0. The van der Waals surface area contributed by atoms with Crippen LogP contribution in [0.15, 0.2) is 24.3 Å². The van der Waals surface area contributed by atoms with Gasteiger partial charge in [-0.15, -0.1) is 0 Å². The van der Waals surface area contributed by atoms with E-state index in [1.54, 1.807) is 35.9 Å². The molecule has 0 aromatic heterocycles. The molecule has 1 saturated carbocycles. The van der Waals surface area contributed by atoms with E-state index in [0.29, 0.717) is 63.6 Å². The number of carbonyl (C=O) groups is 7. The van der Waals surface area contributed by atoms with Crippen LogP contribution in [0.5, 0.6) is 5.75 Å². The van der Waals surface area contributed by atoms with E-state index in [9.17, 15) is 42.0 Å². The third-order valence-electron chi connectivity index (χ3n) is 13.8. The summed E-state index contributed by atoms with van der Waals surface area (Å²) >= 11 is 0. The van der Waals surface area contributed by atoms with Gasteiger partial charge in [0.1, 0.15) is 11.5 Å². The van der Waals surface area contributed by atoms with Crippen molar-refractivity contribution in [2.75, 3.05) is 48.5 Å². The molecule has 1 aliphatic carbocycles. The van der Waals surface area contributed by atoms with Gasteiger partial charge in [0.2, 0.25) is 27.7 Å². The maximum absolute atomic E-state index is 14.4. The third kappa shape index (κ3) is 17.7. The van der Waals surface area contributed by atoms with Crippen molar-refractivity contribution >= 4 is 51.4 Å². The number of likely N-dealkylation sites (tertiary alicyclic amines) is 1. The van der Waals surface area contributed by atoms with Crippen molar-refractivity contribution in [2.45, 2.75) is 161 Å². The molecule has 19 heteroatoms. The summed E-state index contributed by atoms with van der Waals surface area (Å²) in [4.78, 5) is 98.6. The molecule has 1 heterocycles. The lowest BCUT2D eigenvalue weighted by molar-refractivity contribution is -0.149. The Morgan fingerprint density at radius 1 is 0.800 bits per heavy atom. The highest BCUT2D eigenvalue weighted by atomic mass is 32.2. The minimum atomic E-state index is -3.94. The number of ether oxygens (including phenoxy) is 3. The smallest absolute Gasteiger partial charge is 0.412 e. The third-order valence-corrected chi connectivity index (χ3v) is 15.7. The van der Waals surface area contributed by atoms with Crippen LogP contribution in [0.4, 0.5) is 4.79 Å². The minimum Gasteiger partial charge on any atom is -0.481 e. The summed E-state index contributed by atoms with van der Waals surface area (Å²) < 4.78 is 45.4. The number of carbonyl (C=O) groups excluding carboxylic acids is 6. The number of carboxylic acids is 1. The van der Waals surface area contributed by atoms with Gasteiger partial charge in [0, 0.05) is 71.4 Å². The average molecular weight is 1010 g/mol. The SMILES string of the molecule is CO[C@H]([C@@H](C)C(=O)C[C@@H](Cc1ccc(OC(=O)NCCCCCC(=O)O)cc1)C(=O)NS(=O)(=O)C1CC1)[C@@H]1CCCN1C(=O)C[C@@H](OC)[C@H](C(C)C)N(C)C(=O)[C@@H](CC(=O)[C@H](C(C)C)N(C)C)C(C)C. The van der Waals surface area contributed by atoms with E-state index in [2.05, 4.69) is 10.0 Å². The summed E-state index contributed by atoms with van der Waals surface area (Å²) in [5.74, 6) is -4.90. The molecule has 0 bridgehead atoms. The van der Waals surface area contributed by atoms with Gasteiger partial charge in [0.05, 0.1) is 42.0 Å². The Kier molecular flexibility index (Phi) is 23.9. The summed E-state index contributed by atoms with van der Waals surface area (Å²) in [6, 6.07) is 4.96. The van der Waals surface area contributed by atoms with E-state index in [4.69, 9.17) is 19.3 Å². The van der Waals surface area contributed by atoms with E-state index < -0.39 is 75.3 Å². The first-order valence-corrected chi connectivity index (χ1v) is 26.5. The largest absolute Gasteiger partial charge is 0.481 e. The van der Waals surface area contributed by atoms with Crippen LogP contribution in [0.25, 0.3) is 0 Å². The second-order valence-electron chi connectivity index (χ2n) is 20.6. The maximum Gasteiger partial charge on any atom is 0.412 e. The number of carboxylic acid groups (broad SMARTS) is 1. The fraction of sp³-hybridized carbons (Fsp3) is 0.745. The van der Waals surface area contributed by atoms with Crippen molar-refractivity contribution in [2.24, 2.45) is 35.5 Å². The standard InChI is InChI=1S/C51H83N5O13S/c1-31(2)39(29-42(58)46(32(3)4)54(8)9)50(63)55(10)47(33(5)6)43(67-11)30-44(59)56-26-16-17-40(56)48(68-12)34(7)41(57)28-36(49(62)53-70(65,66)38-23-24-38)27-35-19-21-37(22-20-35)69-51(64)52-25-15-13-14-18-45(60)61/h19-22,31-34,36,38-40,43,46-48H,13-18,23-30H2,1-12H3,(H,52,64)(H,53,62)(H,60,61)/t34-,36+,39-,40-,43+,46-,47-,48+/m0/s1. The van der Waals surface area contributed by atoms with Gasteiger partial charge in [-0.05, 0) is 94.5 Å². The van der Waals surface area contributed by atoms with E-state index in [-0.39, 0.29) is 85.0 Å². The molecule has 0 spiro atoms. The van der Waals surface area contributed by atoms with Gasteiger partial charge in [0.25, 0.3) is 0 Å². The van der Waals surface area contributed by atoms with Crippen LogP contribution in [0.1, 0.15) is 125 Å². The van der Waals surface area contributed by atoms with Crippen LogP contribution in [-0.2, 0) is 54.7 Å². The van der Waals surface area contributed by atoms with Gasteiger partial charge in [-0.2, -0.15) is 0 Å². The van der Waals surface area contributed by atoms with Gasteiger partial charge < -0.3 is 34.4 Å². The number of benzene rings is 1. The first-order chi connectivity index (χ1) is 32.8. The molecule has 0 radical (unpaired) electrons. The number of methoxy groups -OCH3 is 2. The van der Waals surface area contributed by atoms with Crippen molar-refractivity contribution in [3.8, 4) is 5.75 Å². The summed E-state index contributed by atoms with van der Waals surface area (Å²) in [6.45, 7) is 14.2. The summed E-state index contributed by atoms with van der Waals surface area (Å²) in [6.07, 6.45) is 1.37. The molecular formula is C51H83N5O13S. The van der Waals surface area contributed by atoms with Crippen LogP contribution in [0, 0.1) is 35.5 Å². The van der Waals surface area contributed by atoms with Crippen molar-refractivity contribution in [3.63, 3.8) is 0 Å². The zero-order chi connectivity index (χ0) is 52.6. The number of hydrogen-bond donors (Lipinski definition) is 3. The van der Waals surface area contributed by atoms with Crippen molar-refractivity contribution in [3.05, 3.63) is 29.8 Å². The Hall–Kier alpha value is -4.46. The zero-order valence-corrected chi connectivity index (χ0v) is 44.5. The molecule has 18 nitrogen and oxygen atoms in total. The van der Waals surface area contributed by atoms with E-state index >= 15 is 0 Å². The molecule has 70 heavy (non-hydrogen) atoms. The van der Waals surface area contributed by atoms with Crippen LogP contribution >= 0.6 is 0 Å². The number of hydrogen-bond acceptors (Lipinski definition) is 13. The summed E-state index contributed by atoms with van der Waals surface area (Å²) in [5.41, 5.74) is 0.587. The van der Waals surface area contributed by atoms with E-state index in [0.717, 1.165) is 0 Å². The highest BCUT2D eigenvalue weighted by Crippen LogP contribution is 2.32. The van der Waals surface area contributed by atoms with Crippen molar-refractivity contribution in [1.29, 1.82) is 0 Å². The van der Waals surface area contributed by atoms with Gasteiger partial charge in [0.15, 0.2) is 5.78 Å². The van der Waals surface area contributed by atoms with Crippen LogP contribution in [0.2, 0.25) is 0 Å². The fourth-order valence-corrected chi connectivity index (χ4v) is 11.3. The van der Waals surface area contributed by atoms with E-state index in [1.807, 2.05) is 60.5 Å². The first kappa shape index (κ1) is 59.8. The Labute approximate surface area is 416 Å². The van der Waals surface area contributed by atoms with Gasteiger partial charge >= 0.3 is 12.1 Å². The topological polar surface area (TPSA) is 235 Å². The number of rotatable bonds is 31. The molecule has 8 atom stereocenters. The number of sulfonamides is 1. The Morgan fingerprint density at radius 3 is 1.97 bits per heavy atom. The molecule has 1 aromatic carbocycles. The number of unbranched alkanes of at least 4 members (excludes halogenated alkanes) is 2. The molecule has 0 unspecified atom stereocenters. The Balaban J connectivity index is 1.76. The van der Waals surface area contributed by atoms with Crippen LogP contribution < -0.4 is 14.8 Å². The lowest BCUT2D eigenvalue weighted by atomic mass is 9.84. The molecule has 1 aromatic rings. The summed E-state index contributed by atoms with van der Waals surface area (Å²) in [7, 11) is 4.49. The molecule has 3 N–H and O–H groups in total. The zero-order valence-electron chi connectivity index (χ0n) is 43.7. The average Bonchev–Trinajstić information content (AvgIpc) is 4.04. The number of aliphatic carboxylic acids is 1. The number of nitrogens with one attached hydrogen (secondary N) is 2. The predicted molar refractivity (Wildman–Crippen MR) is 265 cm³/mol. The van der Waals surface area contributed by atoms with Crippen molar-refractivity contribution in [1.82, 2.24) is 24.7 Å². The maximum atomic E-state index is 14.4. The predicted octanol–water partition coefficient (Wildman–Crippen LogP) is 5.49. The number of likely N-dealkylation sites (N-methyl/N-ethyl adjacent to an activating group) is 2. The molecular weight excluding hydrogens is 923 g/mol. The van der Waals surface area contributed by atoms with Gasteiger partial charge in [-0.25, -0.2) is 13.2 Å². The van der Waals surface area contributed by atoms with Crippen LogP contribution in [-0.4, -0.2) is 154 Å². The Bertz CT molecular complexity index is 2020. The highest BCUT2D eigenvalue weighted by molar-refractivity contribution is 7.90. The number of Topliss-reactive ketones (excluding diaryl/α,β-unsaturated/α-hetero) is 2. The lowest BCUT2D eigenvalue weighted by Crippen LogP contribution is -2.54. The first-order valence-electron chi connectivity index (χ1n) is 25.0. The molecule has 4 amide bonds. The van der Waals surface area contributed by atoms with Gasteiger partial charge in [-0.3, -0.25) is 38.4 Å². The molecule has 3 rings (SSSR count). The minimum absolute atomic E-state index is 0.00236. The fourth-order valence-electron chi connectivity index (χ4n) is 9.95. The monoisotopic (exact) mass is 1010 g/mol. The molecule has 1 saturated heterocycles. The number of nitrogens with zero attached hydrogens (tertiary/aromatic N) is 3. The van der Waals surface area contributed by atoms with Gasteiger partial charge in [-0.1, -0.05) is 67.0 Å². The highest BCUT2D eigenvalue weighted by Gasteiger charge is 2.44. The quantitative estimate of drug-likeness (QED) is 0.0781. The lowest BCUT2D eigenvalue weighted by Gasteiger charge is -2.40. The Morgan fingerprint density at radius 2 is 1.44 bits per heavy atom. The number of amides is 4. The van der Waals surface area contributed by atoms with E-state index in [1.165, 1.54) is 26.4 Å².